The Labute approximate surface area is 477 Å². The van der Waals surface area contributed by atoms with E-state index in [0.717, 1.165) is 103 Å². The predicted octanol–water partition coefficient (Wildman–Crippen LogP) is 22.4. The van der Waals surface area contributed by atoms with Crippen LogP contribution in [0.4, 0.5) is 0 Å². The van der Waals surface area contributed by atoms with E-state index in [0.29, 0.717) is 19.3 Å². The highest BCUT2D eigenvalue weighted by molar-refractivity contribution is 5.71. The number of rotatable bonds is 59. The molecular formula is C71H122O6. The molecule has 0 aliphatic rings. The highest BCUT2D eigenvalue weighted by Gasteiger charge is 2.19. The number of hydrogen-bond acceptors (Lipinski definition) is 6. The molecule has 6 nitrogen and oxygen atoms in total. The van der Waals surface area contributed by atoms with Gasteiger partial charge in [0.1, 0.15) is 13.2 Å². The normalized spacial score (nSPS) is 12.7. The van der Waals surface area contributed by atoms with E-state index >= 15 is 0 Å². The molecule has 0 spiro atoms. The van der Waals surface area contributed by atoms with Gasteiger partial charge in [0.2, 0.25) is 0 Å². The lowest BCUT2D eigenvalue weighted by Crippen LogP contribution is -2.30. The molecule has 0 radical (unpaired) electrons. The lowest BCUT2D eigenvalue weighted by Gasteiger charge is -2.18. The minimum atomic E-state index is -0.786. The van der Waals surface area contributed by atoms with Crippen molar-refractivity contribution in [2.75, 3.05) is 13.2 Å². The van der Waals surface area contributed by atoms with Gasteiger partial charge in [-0.25, -0.2) is 0 Å². The average Bonchev–Trinajstić information content (AvgIpc) is 3.43. The molecule has 0 bridgehead atoms. The number of ether oxygens (including phenoxy) is 3. The van der Waals surface area contributed by atoms with Gasteiger partial charge in [0.25, 0.3) is 0 Å². The summed E-state index contributed by atoms with van der Waals surface area (Å²) in [5.74, 6) is -0.889. The van der Waals surface area contributed by atoms with E-state index in [9.17, 15) is 14.4 Å². The summed E-state index contributed by atoms with van der Waals surface area (Å²) in [7, 11) is 0. The Bertz CT molecular complexity index is 1510. The summed E-state index contributed by atoms with van der Waals surface area (Å²) >= 11 is 0. The third-order valence-corrected chi connectivity index (χ3v) is 14.0. The van der Waals surface area contributed by atoms with Gasteiger partial charge in [-0.1, -0.05) is 272 Å². The largest absolute Gasteiger partial charge is 0.462 e. The van der Waals surface area contributed by atoms with Crippen LogP contribution in [0, 0.1) is 0 Å². The van der Waals surface area contributed by atoms with Gasteiger partial charge in [-0.05, 0) is 122 Å². The van der Waals surface area contributed by atoms with Crippen molar-refractivity contribution in [2.24, 2.45) is 0 Å². The Morgan fingerprint density at radius 2 is 0.506 bits per heavy atom. The van der Waals surface area contributed by atoms with Crippen molar-refractivity contribution in [3.8, 4) is 0 Å². The van der Waals surface area contributed by atoms with E-state index in [1.54, 1.807) is 0 Å². The second-order valence-electron chi connectivity index (χ2n) is 21.6. The van der Waals surface area contributed by atoms with Gasteiger partial charge in [-0.2, -0.15) is 0 Å². The van der Waals surface area contributed by atoms with Gasteiger partial charge >= 0.3 is 17.9 Å². The molecular weight excluding hydrogens is 949 g/mol. The molecule has 0 fully saturated rings. The maximum absolute atomic E-state index is 12.9. The Morgan fingerprint density at radius 3 is 0.818 bits per heavy atom. The van der Waals surface area contributed by atoms with Crippen molar-refractivity contribution in [1.29, 1.82) is 0 Å². The summed E-state index contributed by atoms with van der Waals surface area (Å²) in [5, 5.41) is 0. The lowest BCUT2D eigenvalue weighted by molar-refractivity contribution is -0.167. The molecule has 0 aromatic heterocycles. The average molecular weight is 1070 g/mol. The Morgan fingerprint density at radius 1 is 0.273 bits per heavy atom. The minimum absolute atomic E-state index is 0.0827. The quantitative estimate of drug-likeness (QED) is 0.0261. The predicted molar refractivity (Wildman–Crippen MR) is 334 cm³/mol. The van der Waals surface area contributed by atoms with Crippen LogP contribution in [0.5, 0.6) is 0 Å². The first-order chi connectivity index (χ1) is 38.0. The zero-order valence-corrected chi connectivity index (χ0v) is 50.7. The molecule has 77 heavy (non-hydrogen) atoms. The van der Waals surface area contributed by atoms with Gasteiger partial charge in [0.15, 0.2) is 6.10 Å². The van der Waals surface area contributed by atoms with E-state index in [1.165, 1.54) is 173 Å². The fourth-order valence-corrected chi connectivity index (χ4v) is 9.14. The maximum Gasteiger partial charge on any atom is 0.306 e. The molecule has 0 amide bonds. The third kappa shape index (κ3) is 63.0. The fraction of sp³-hybridized carbons (Fsp3) is 0.732. The van der Waals surface area contributed by atoms with E-state index in [2.05, 4.69) is 118 Å². The fourth-order valence-electron chi connectivity index (χ4n) is 9.14. The van der Waals surface area contributed by atoms with Crippen LogP contribution in [0.15, 0.2) is 97.2 Å². The number of hydrogen-bond donors (Lipinski definition) is 0. The van der Waals surface area contributed by atoms with Gasteiger partial charge in [0, 0.05) is 19.3 Å². The number of carbonyl (C=O) groups excluding carboxylic acids is 3. The van der Waals surface area contributed by atoms with Crippen LogP contribution in [0.3, 0.4) is 0 Å². The first-order valence-electron chi connectivity index (χ1n) is 32.7. The van der Waals surface area contributed by atoms with E-state index in [-0.39, 0.29) is 31.1 Å². The van der Waals surface area contributed by atoms with Crippen LogP contribution in [-0.4, -0.2) is 37.2 Å². The smallest absolute Gasteiger partial charge is 0.306 e. The second-order valence-corrected chi connectivity index (χ2v) is 21.6. The molecule has 0 aliphatic carbocycles. The highest BCUT2D eigenvalue weighted by Crippen LogP contribution is 2.16. The second kappa shape index (κ2) is 64.9. The van der Waals surface area contributed by atoms with Crippen LogP contribution in [0.1, 0.15) is 316 Å². The summed E-state index contributed by atoms with van der Waals surface area (Å²) < 4.78 is 16.9. The summed E-state index contributed by atoms with van der Waals surface area (Å²) in [6, 6.07) is 0. The van der Waals surface area contributed by atoms with Gasteiger partial charge in [0.05, 0.1) is 0 Å². The zero-order chi connectivity index (χ0) is 55.7. The van der Waals surface area contributed by atoms with Crippen molar-refractivity contribution in [3.63, 3.8) is 0 Å². The number of carbonyl (C=O) groups is 3. The first-order valence-corrected chi connectivity index (χ1v) is 32.7. The Balaban J connectivity index is 4.29. The molecule has 1 unspecified atom stereocenters. The van der Waals surface area contributed by atoms with Crippen molar-refractivity contribution < 1.29 is 28.6 Å². The monoisotopic (exact) mass is 1070 g/mol. The van der Waals surface area contributed by atoms with Gasteiger partial charge in [-0.15, -0.1) is 0 Å². The topological polar surface area (TPSA) is 78.9 Å². The van der Waals surface area contributed by atoms with Crippen LogP contribution < -0.4 is 0 Å². The SMILES string of the molecule is CC/C=C\C/C=C\C/C=C\C/C=C\C/C=C\C/C=C\CCCCCCCCCCCCC(=O)OCC(COC(=O)CCCCCCC/C=C\CCCCCC)OC(=O)CCCCCCCCC/C=C\CCCCCCCC. The Hall–Kier alpha value is -3.67. The van der Waals surface area contributed by atoms with Crippen LogP contribution in [0.2, 0.25) is 0 Å². The van der Waals surface area contributed by atoms with E-state index in [4.69, 9.17) is 14.2 Å². The zero-order valence-electron chi connectivity index (χ0n) is 50.7. The molecule has 442 valence electrons. The summed E-state index contributed by atoms with van der Waals surface area (Å²) in [6.07, 6.45) is 87.0. The van der Waals surface area contributed by atoms with Gasteiger partial charge in [-0.3, -0.25) is 14.4 Å². The molecule has 0 aromatic carbocycles. The van der Waals surface area contributed by atoms with Crippen molar-refractivity contribution >= 4 is 17.9 Å². The summed E-state index contributed by atoms with van der Waals surface area (Å²) in [6.45, 7) is 6.52. The molecule has 0 saturated heterocycles. The summed E-state index contributed by atoms with van der Waals surface area (Å²) in [4.78, 5) is 38.3. The number of unbranched alkanes of at least 4 members (excludes halogenated alkanes) is 32. The van der Waals surface area contributed by atoms with Crippen LogP contribution in [0.25, 0.3) is 0 Å². The third-order valence-electron chi connectivity index (χ3n) is 14.0. The lowest BCUT2D eigenvalue weighted by atomic mass is 10.1. The Kier molecular flexibility index (Phi) is 61.8. The van der Waals surface area contributed by atoms with Crippen molar-refractivity contribution in [1.82, 2.24) is 0 Å². The number of allylic oxidation sites excluding steroid dienone is 16. The van der Waals surface area contributed by atoms with Crippen LogP contribution >= 0.6 is 0 Å². The first kappa shape index (κ1) is 73.3. The molecule has 0 heterocycles. The van der Waals surface area contributed by atoms with Crippen molar-refractivity contribution in [3.05, 3.63) is 97.2 Å². The molecule has 0 saturated carbocycles. The van der Waals surface area contributed by atoms with E-state index in [1.807, 2.05) is 0 Å². The molecule has 0 N–H and O–H groups in total. The molecule has 0 aromatic rings. The molecule has 0 aliphatic heterocycles. The maximum atomic E-state index is 12.9. The van der Waals surface area contributed by atoms with Crippen molar-refractivity contribution in [2.45, 2.75) is 322 Å². The minimum Gasteiger partial charge on any atom is -0.462 e. The van der Waals surface area contributed by atoms with Gasteiger partial charge < -0.3 is 14.2 Å². The molecule has 0 rings (SSSR count). The van der Waals surface area contributed by atoms with E-state index < -0.39 is 6.10 Å². The summed E-state index contributed by atoms with van der Waals surface area (Å²) in [5.41, 5.74) is 0. The molecule has 6 heteroatoms. The number of esters is 3. The standard InChI is InChI=1S/C71H122O6/c1-4-7-10-13-16-19-22-25-27-29-30-31-32-33-34-35-36-37-38-39-40-42-43-46-49-52-55-58-61-64-70(73)76-67-68(66-75-69(72)63-60-57-54-51-48-45-24-21-18-15-12-9-6-3)77-71(74)65-62-59-56-53-50-47-44-41-28-26-23-20-17-14-11-8-5-2/h7,10,16,19,21,24-28,30-31,33-34,36-37,68H,4-6,8-9,11-15,17-18,20,22-23,29,32,35,38-67H2,1-3H3/b10-7-,19-16-,24-21-,27-25-,28-26-,31-30-,34-33-,37-36-. The van der Waals surface area contributed by atoms with Crippen LogP contribution in [-0.2, 0) is 28.6 Å². The highest BCUT2D eigenvalue weighted by atomic mass is 16.6. The molecule has 1 atom stereocenters.